The maximum absolute atomic E-state index is 12.6. The first kappa shape index (κ1) is 24.4. The number of H-pyrrole nitrogens is 1. The van der Waals surface area contributed by atoms with Crippen LogP contribution in [0.3, 0.4) is 0 Å². The molecule has 4 aromatic rings. The van der Waals surface area contributed by atoms with Crippen molar-refractivity contribution in [1.82, 2.24) is 30.0 Å². The number of fused-ring (bicyclic) bond motifs is 2. The number of hydrogen-bond donors (Lipinski definition) is 1. The molecule has 1 amide bonds. The van der Waals surface area contributed by atoms with E-state index in [2.05, 4.69) is 32.1 Å². The van der Waals surface area contributed by atoms with Gasteiger partial charge < -0.3 is 19.3 Å². The van der Waals surface area contributed by atoms with Crippen LogP contribution >= 0.6 is 11.3 Å². The number of ether oxygens (including phenoxy) is 2. The lowest BCUT2D eigenvalue weighted by molar-refractivity contribution is -0.153. The highest BCUT2D eigenvalue weighted by Crippen LogP contribution is 2.31. The number of rotatable bonds is 5. The van der Waals surface area contributed by atoms with Gasteiger partial charge in [0, 0.05) is 62.4 Å². The minimum Gasteiger partial charge on any atom is -0.452 e. The Bertz CT molecular complexity index is 1530. The van der Waals surface area contributed by atoms with Crippen LogP contribution in [0.15, 0.2) is 36.7 Å². The minimum absolute atomic E-state index is 0.0584. The van der Waals surface area contributed by atoms with Gasteiger partial charge in [0.2, 0.25) is 5.95 Å². The highest BCUT2D eigenvalue weighted by molar-refractivity contribution is 7.18. The van der Waals surface area contributed by atoms with E-state index in [9.17, 15) is 9.59 Å². The Morgan fingerprint density at radius 2 is 2.05 bits per heavy atom. The van der Waals surface area contributed by atoms with Gasteiger partial charge in [-0.1, -0.05) is 12.1 Å². The van der Waals surface area contributed by atoms with Gasteiger partial charge in [-0.2, -0.15) is 5.10 Å². The number of carbonyl (C=O) groups excluding carboxylic acids is 2. The van der Waals surface area contributed by atoms with E-state index < -0.39 is 6.10 Å². The number of piperazine rings is 1. The molecule has 3 aliphatic heterocycles. The summed E-state index contributed by atoms with van der Waals surface area (Å²) in [5.74, 6) is 0.388. The van der Waals surface area contributed by atoms with Gasteiger partial charge in [-0.15, -0.1) is 11.3 Å². The maximum Gasteiger partial charge on any atom is 0.306 e. The van der Waals surface area contributed by atoms with Crippen LogP contribution in [-0.4, -0.2) is 93.8 Å². The van der Waals surface area contributed by atoms with Gasteiger partial charge in [0.15, 0.2) is 6.10 Å². The van der Waals surface area contributed by atoms with Gasteiger partial charge in [0.1, 0.15) is 6.10 Å². The third-order valence-corrected chi connectivity index (χ3v) is 8.79. The molecule has 0 bridgehead atoms. The Morgan fingerprint density at radius 1 is 1.15 bits per heavy atom. The lowest BCUT2D eigenvalue weighted by atomic mass is 10.0. The first-order chi connectivity index (χ1) is 19.1. The quantitative estimate of drug-likeness (QED) is 0.376. The molecule has 3 aromatic heterocycles. The lowest BCUT2D eigenvalue weighted by Crippen LogP contribution is -2.51. The molecule has 3 aliphatic rings. The molecular weight excluding hydrogens is 518 g/mol. The number of nitrogens with zero attached hydrogens (tertiary/aromatic N) is 6. The summed E-state index contributed by atoms with van der Waals surface area (Å²) in [5.41, 5.74) is 3.08. The van der Waals surface area contributed by atoms with Crippen molar-refractivity contribution < 1.29 is 19.1 Å². The van der Waals surface area contributed by atoms with E-state index in [1.165, 1.54) is 4.88 Å². The number of hydrogen-bond acceptors (Lipinski definition) is 10. The molecule has 1 aromatic carbocycles. The second kappa shape index (κ2) is 10.2. The molecule has 11 nitrogen and oxygen atoms in total. The largest absolute Gasteiger partial charge is 0.452 e. The highest BCUT2D eigenvalue weighted by atomic mass is 32.1. The number of carbonyl (C=O) groups is 2. The van der Waals surface area contributed by atoms with Crippen molar-refractivity contribution in [2.75, 3.05) is 50.8 Å². The van der Waals surface area contributed by atoms with Crippen molar-refractivity contribution in [3.63, 3.8) is 0 Å². The molecule has 1 N–H and O–H groups in total. The van der Waals surface area contributed by atoms with E-state index in [1.54, 1.807) is 11.3 Å². The third kappa shape index (κ3) is 4.83. The Labute approximate surface area is 228 Å². The fraction of sp³-hybridized carbons (Fsp3) is 0.444. The number of anilines is 1. The number of morpholine rings is 1. The van der Waals surface area contributed by atoms with Crippen LogP contribution in [-0.2, 0) is 25.6 Å². The Kier molecular flexibility index (Phi) is 6.37. The van der Waals surface area contributed by atoms with Crippen LogP contribution in [0.25, 0.3) is 21.1 Å². The Morgan fingerprint density at radius 3 is 2.90 bits per heavy atom. The maximum atomic E-state index is 12.6. The second-order valence-corrected chi connectivity index (χ2v) is 11.4. The van der Waals surface area contributed by atoms with Crippen molar-refractivity contribution in [2.45, 2.75) is 31.6 Å². The summed E-state index contributed by atoms with van der Waals surface area (Å²) in [6.07, 6.45) is 3.93. The second-order valence-electron chi connectivity index (χ2n) is 10.2. The summed E-state index contributed by atoms with van der Waals surface area (Å²) in [5, 5.41) is 8.30. The van der Waals surface area contributed by atoms with E-state index in [1.807, 2.05) is 29.4 Å². The number of amides is 1. The van der Waals surface area contributed by atoms with Gasteiger partial charge in [-0.05, 0) is 17.7 Å². The molecule has 0 saturated carbocycles. The van der Waals surface area contributed by atoms with Crippen molar-refractivity contribution in [2.24, 2.45) is 0 Å². The highest BCUT2D eigenvalue weighted by Gasteiger charge is 2.34. The number of nitrogens with one attached hydrogen (secondary N) is 1. The Hall–Kier alpha value is -3.61. The smallest absolute Gasteiger partial charge is 0.306 e. The molecule has 0 spiro atoms. The van der Waals surface area contributed by atoms with Crippen molar-refractivity contribution in [1.29, 1.82) is 0 Å². The summed E-state index contributed by atoms with van der Waals surface area (Å²) in [7, 11) is 0. The zero-order chi connectivity index (χ0) is 26.3. The third-order valence-electron chi connectivity index (χ3n) is 7.75. The van der Waals surface area contributed by atoms with Crippen LogP contribution < -0.4 is 4.90 Å². The number of benzene rings is 1. The van der Waals surface area contributed by atoms with Gasteiger partial charge in [0.05, 0.1) is 41.3 Å². The van der Waals surface area contributed by atoms with Gasteiger partial charge in [-0.25, -0.2) is 9.97 Å². The topological polar surface area (TPSA) is 117 Å². The fourth-order valence-corrected chi connectivity index (χ4v) is 6.67. The number of cyclic esters (lactones) is 1. The summed E-state index contributed by atoms with van der Waals surface area (Å²) < 4.78 is 12.4. The van der Waals surface area contributed by atoms with Gasteiger partial charge in [-0.3, -0.25) is 19.6 Å². The fourth-order valence-electron chi connectivity index (χ4n) is 5.65. The predicted molar refractivity (Wildman–Crippen MR) is 145 cm³/mol. The number of aromatic amines is 1. The average molecular weight is 548 g/mol. The van der Waals surface area contributed by atoms with Crippen molar-refractivity contribution in [3.8, 4) is 0 Å². The number of aromatic nitrogens is 4. The minimum atomic E-state index is -0.597. The van der Waals surface area contributed by atoms with Crippen LogP contribution in [0.2, 0.25) is 0 Å². The summed E-state index contributed by atoms with van der Waals surface area (Å²) in [4.78, 5) is 41.2. The van der Waals surface area contributed by atoms with Gasteiger partial charge >= 0.3 is 5.97 Å². The molecule has 2 atom stereocenters. The predicted octanol–water partition coefficient (Wildman–Crippen LogP) is 2.50. The molecule has 3 saturated heterocycles. The normalized spacial score (nSPS) is 22.6. The number of thiophene rings is 1. The molecule has 7 rings (SSSR count). The molecule has 39 heavy (non-hydrogen) atoms. The van der Waals surface area contributed by atoms with E-state index >= 15 is 0 Å². The average Bonchev–Trinajstić information content (AvgIpc) is 3.72. The summed E-state index contributed by atoms with van der Waals surface area (Å²) in [6.45, 7) is 5.70. The summed E-state index contributed by atoms with van der Waals surface area (Å²) >= 11 is 1.72. The zero-order valence-corrected chi connectivity index (χ0v) is 22.2. The molecule has 6 heterocycles. The molecule has 3 fully saturated rings. The standard InChI is InChI=1S/C27H29N7O4S/c35-25-5-4-22(38-25)26(36)33-8-6-32(7-9-33)15-17-12-21-24(39-17)14-28-27(30-21)34-10-11-37-23(16-34)18-2-1-3-20-19(18)13-29-31-20/h1-3,12-14,22-23H,4-11,15-16H2,(H,29,31)/t22-,23?/m0/s1. The monoisotopic (exact) mass is 547 g/mol. The van der Waals surface area contributed by atoms with Crippen LogP contribution in [0, 0.1) is 0 Å². The van der Waals surface area contributed by atoms with Crippen LogP contribution in [0.1, 0.15) is 29.4 Å². The molecule has 202 valence electrons. The molecule has 0 radical (unpaired) electrons. The molecule has 0 aliphatic carbocycles. The SMILES string of the molecule is O=C1CC[C@@H](C(=O)N2CCN(Cc3cc4nc(N5CCOC(c6cccc7[nH]ncc67)C5)ncc4s3)CC2)O1. The van der Waals surface area contributed by atoms with Gasteiger partial charge in [0.25, 0.3) is 5.91 Å². The molecular formula is C27H29N7O4S. The van der Waals surface area contributed by atoms with E-state index in [0.717, 1.165) is 58.8 Å². The number of esters is 1. The zero-order valence-electron chi connectivity index (χ0n) is 21.4. The van der Waals surface area contributed by atoms with E-state index in [-0.39, 0.29) is 18.0 Å². The van der Waals surface area contributed by atoms with Crippen LogP contribution in [0.4, 0.5) is 5.95 Å². The molecule has 12 heteroatoms. The first-order valence-electron chi connectivity index (χ1n) is 13.4. The van der Waals surface area contributed by atoms with Crippen molar-refractivity contribution in [3.05, 3.63) is 47.1 Å². The molecule has 1 unspecified atom stereocenters. The first-order valence-corrected chi connectivity index (χ1v) is 14.2. The lowest BCUT2D eigenvalue weighted by Gasteiger charge is -2.35. The van der Waals surface area contributed by atoms with Crippen molar-refractivity contribution >= 4 is 50.3 Å². The van der Waals surface area contributed by atoms with E-state index in [0.29, 0.717) is 39.1 Å². The van der Waals surface area contributed by atoms with E-state index in [4.69, 9.17) is 19.4 Å². The van der Waals surface area contributed by atoms with Crippen LogP contribution in [0.5, 0.6) is 0 Å². The summed E-state index contributed by atoms with van der Waals surface area (Å²) in [6, 6.07) is 8.30. The Balaban J connectivity index is 0.998.